The lowest BCUT2D eigenvalue weighted by atomic mass is 10.2. The third kappa shape index (κ3) is 2.76. The minimum atomic E-state index is -0.144. The normalized spacial score (nSPS) is 11.3. The smallest absolute Gasteiger partial charge is 0.261 e. The Balaban J connectivity index is 1.93. The lowest BCUT2D eigenvalue weighted by molar-refractivity contribution is 0.729. The maximum atomic E-state index is 12.2. The van der Waals surface area contributed by atoms with Crippen LogP contribution in [0.25, 0.3) is 11.0 Å². The molecule has 3 aromatic heterocycles. The molecule has 0 atom stereocenters. The summed E-state index contributed by atoms with van der Waals surface area (Å²) in [5, 5.41) is 5.53. The fraction of sp³-hybridized carbons (Fsp3) is 0.333. The van der Waals surface area contributed by atoms with Crippen molar-refractivity contribution >= 4 is 22.8 Å². The minimum absolute atomic E-state index is 0.144. The van der Waals surface area contributed by atoms with E-state index in [1.807, 2.05) is 44.6 Å². The van der Waals surface area contributed by atoms with Crippen LogP contribution in [0.5, 0.6) is 0 Å². The molecule has 22 heavy (non-hydrogen) atoms. The highest BCUT2D eigenvalue weighted by Crippen LogP contribution is 2.20. The fourth-order valence-corrected chi connectivity index (χ4v) is 3.12. The monoisotopic (exact) mass is 315 g/mol. The van der Waals surface area contributed by atoms with Crippen LogP contribution in [0.3, 0.4) is 0 Å². The van der Waals surface area contributed by atoms with E-state index in [1.165, 1.54) is 11.8 Å². The first-order valence-electron chi connectivity index (χ1n) is 6.94. The molecule has 0 saturated carbocycles. The van der Waals surface area contributed by atoms with Crippen LogP contribution in [0.15, 0.2) is 22.1 Å². The maximum Gasteiger partial charge on any atom is 0.261 e. The van der Waals surface area contributed by atoms with Crippen molar-refractivity contribution in [2.45, 2.75) is 31.7 Å². The Hall–Kier alpha value is -2.15. The van der Waals surface area contributed by atoms with Crippen LogP contribution in [0.2, 0.25) is 0 Å². The molecule has 0 aromatic carbocycles. The van der Waals surface area contributed by atoms with Crippen LogP contribution in [0.4, 0.5) is 0 Å². The van der Waals surface area contributed by atoms with E-state index in [-0.39, 0.29) is 5.56 Å². The molecule has 0 aliphatic heterocycles. The quantitative estimate of drug-likeness (QED) is 0.592. The van der Waals surface area contributed by atoms with Crippen molar-refractivity contribution in [2.24, 2.45) is 7.05 Å². The molecule has 3 heterocycles. The zero-order chi connectivity index (χ0) is 15.9. The van der Waals surface area contributed by atoms with Crippen molar-refractivity contribution < 1.29 is 0 Å². The van der Waals surface area contributed by atoms with Crippen LogP contribution < -0.4 is 5.56 Å². The Labute approximate surface area is 132 Å². The van der Waals surface area contributed by atoms with Crippen molar-refractivity contribution in [3.8, 4) is 0 Å². The summed E-state index contributed by atoms with van der Waals surface area (Å²) in [6.45, 7) is 5.81. The summed E-state index contributed by atoms with van der Waals surface area (Å²) in [4.78, 5) is 23.9. The predicted molar refractivity (Wildman–Crippen MR) is 87.1 cm³/mol. The van der Waals surface area contributed by atoms with Gasteiger partial charge in [0.15, 0.2) is 10.8 Å². The van der Waals surface area contributed by atoms with E-state index < -0.39 is 0 Å². The standard InChI is InChI=1S/C15H17N5OS/c1-8-5-9(2)16-13-12(8)14(21)18-15(17-13)22-7-11-6-10(3)20(4)19-11/h5-6H,7H2,1-4H3,(H,16,17,18,21). The van der Waals surface area contributed by atoms with E-state index in [0.29, 0.717) is 21.9 Å². The number of thioether (sulfide) groups is 1. The third-order valence-electron chi connectivity index (χ3n) is 3.50. The second kappa shape index (κ2) is 5.57. The Bertz CT molecular complexity index is 893. The van der Waals surface area contributed by atoms with Crippen LogP contribution in [-0.4, -0.2) is 24.7 Å². The number of aromatic nitrogens is 5. The van der Waals surface area contributed by atoms with Crippen molar-refractivity contribution in [2.75, 3.05) is 0 Å². The van der Waals surface area contributed by atoms with Crippen molar-refractivity contribution in [1.29, 1.82) is 0 Å². The van der Waals surface area contributed by atoms with E-state index in [4.69, 9.17) is 0 Å². The van der Waals surface area contributed by atoms with Gasteiger partial charge in [0, 0.05) is 24.2 Å². The molecule has 6 nitrogen and oxygen atoms in total. The number of hydrogen-bond acceptors (Lipinski definition) is 5. The first kappa shape index (κ1) is 14.8. The number of hydrogen-bond donors (Lipinski definition) is 1. The van der Waals surface area contributed by atoms with E-state index in [1.54, 1.807) is 0 Å². The zero-order valence-electron chi connectivity index (χ0n) is 13.0. The van der Waals surface area contributed by atoms with Crippen molar-refractivity contribution in [1.82, 2.24) is 24.7 Å². The Morgan fingerprint density at radius 3 is 2.68 bits per heavy atom. The average Bonchev–Trinajstić information content (AvgIpc) is 2.74. The Morgan fingerprint density at radius 1 is 1.23 bits per heavy atom. The number of rotatable bonds is 3. The lowest BCUT2D eigenvalue weighted by Crippen LogP contribution is -2.12. The zero-order valence-corrected chi connectivity index (χ0v) is 13.8. The number of nitrogens with one attached hydrogen (secondary N) is 1. The molecule has 0 radical (unpaired) electrons. The Morgan fingerprint density at radius 2 is 2.00 bits per heavy atom. The topological polar surface area (TPSA) is 76.5 Å². The molecule has 0 fully saturated rings. The highest BCUT2D eigenvalue weighted by Gasteiger charge is 2.10. The van der Waals surface area contributed by atoms with Gasteiger partial charge in [0.05, 0.1) is 11.1 Å². The first-order valence-corrected chi connectivity index (χ1v) is 7.93. The molecule has 3 aromatic rings. The van der Waals surface area contributed by atoms with Gasteiger partial charge >= 0.3 is 0 Å². The van der Waals surface area contributed by atoms with Crippen LogP contribution in [0, 0.1) is 20.8 Å². The van der Waals surface area contributed by atoms with Crippen LogP contribution >= 0.6 is 11.8 Å². The van der Waals surface area contributed by atoms with E-state index in [9.17, 15) is 4.79 Å². The van der Waals surface area contributed by atoms with E-state index >= 15 is 0 Å². The van der Waals surface area contributed by atoms with Gasteiger partial charge in [0.1, 0.15) is 0 Å². The second-order valence-corrected chi connectivity index (χ2v) is 6.30. The number of aryl methyl sites for hydroxylation is 4. The number of aromatic amines is 1. The van der Waals surface area contributed by atoms with Crippen molar-refractivity contribution in [3.63, 3.8) is 0 Å². The lowest BCUT2D eigenvalue weighted by Gasteiger charge is -2.04. The van der Waals surface area contributed by atoms with Gasteiger partial charge in [-0.2, -0.15) is 5.10 Å². The summed E-state index contributed by atoms with van der Waals surface area (Å²) in [5.41, 5.74) is 4.17. The molecular weight excluding hydrogens is 298 g/mol. The van der Waals surface area contributed by atoms with E-state index in [0.717, 1.165) is 22.6 Å². The van der Waals surface area contributed by atoms with Gasteiger partial charge in [-0.3, -0.25) is 9.48 Å². The summed E-state index contributed by atoms with van der Waals surface area (Å²) in [7, 11) is 1.91. The summed E-state index contributed by atoms with van der Waals surface area (Å²) in [5.74, 6) is 0.654. The average molecular weight is 315 g/mol. The molecule has 0 saturated heterocycles. The van der Waals surface area contributed by atoms with Gasteiger partial charge in [-0.05, 0) is 38.5 Å². The molecule has 0 aliphatic rings. The summed E-state index contributed by atoms with van der Waals surface area (Å²) < 4.78 is 1.83. The van der Waals surface area contributed by atoms with Gasteiger partial charge in [-0.1, -0.05) is 11.8 Å². The molecule has 0 spiro atoms. The molecule has 1 N–H and O–H groups in total. The highest BCUT2D eigenvalue weighted by atomic mass is 32.2. The summed E-state index contributed by atoms with van der Waals surface area (Å²) >= 11 is 1.45. The molecule has 114 valence electrons. The SMILES string of the molecule is Cc1cc(C)c2c(=O)[nH]c(SCc3cc(C)n(C)n3)nc2n1. The van der Waals surface area contributed by atoms with Gasteiger partial charge in [-0.25, -0.2) is 9.97 Å². The predicted octanol–water partition coefficient (Wildman–Crippen LogP) is 2.27. The fourth-order valence-electron chi connectivity index (χ4n) is 2.38. The van der Waals surface area contributed by atoms with Gasteiger partial charge in [-0.15, -0.1) is 0 Å². The summed E-state index contributed by atoms with van der Waals surface area (Å²) in [6.07, 6.45) is 0. The molecule has 0 aliphatic carbocycles. The third-order valence-corrected chi connectivity index (χ3v) is 4.41. The Kier molecular flexibility index (Phi) is 3.74. The van der Waals surface area contributed by atoms with Gasteiger partial charge in [0.2, 0.25) is 0 Å². The van der Waals surface area contributed by atoms with Gasteiger partial charge in [0.25, 0.3) is 5.56 Å². The summed E-state index contributed by atoms with van der Waals surface area (Å²) in [6, 6.07) is 3.92. The van der Waals surface area contributed by atoms with Gasteiger partial charge < -0.3 is 4.98 Å². The van der Waals surface area contributed by atoms with Crippen LogP contribution in [-0.2, 0) is 12.8 Å². The number of nitrogens with zero attached hydrogens (tertiary/aromatic N) is 4. The minimum Gasteiger partial charge on any atom is -0.301 e. The largest absolute Gasteiger partial charge is 0.301 e. The molecule has 3 rings (SSSR count). The maximum absolute atomic E-state index is 12.2. The molecule has 0 unspecified atom stereocenters. The number of fused-ring (bicyclic) bond motifs is 1. The number of H-pyrrole nitrogens is 1. The molecular formula is C15H17N5OS. The van der Waals surface area contributed by atoms with Crippen molar-refractivity contribution in [3.05, 3.63) is 45.1 Å². The molecule has 0 amide bonds. The van der Waals surface area contributed by atoms with E-state index in [2.05, 4.69) is 20.1 Å². The molecule has 0 bridgehead atoms. The number of pyridine rings is 1. The first-order chi connectivity index (χ1) is 10.4. The van der Waals surface area contributed by atoms with Crippen LogP contribution in [0.1, 0.15) is 22.6 Å². The second-order valence-electron chi connectivity index (χ2n) is 5.34. The highest BCUT2D eigenvalue weighted by molar-refractivity contribution is 7.98. The molecule has 7 heteroatoms.